The molecule has 0 bridgehead atoms. The van der Waals surface area contributed by atoms with E-state index in [2.05, 4.69) is 10.3 Å². The number of carbonyl (C=O) groups excluding carboxylic acids is 1. The topological polar surface area (TPSA) is 47.9 Å². The number of halogens is 1. The second-order valence-electron chi connectivity index (χ2n) is 5.84. The van der Waals surface area contributed by atoms with Gasteiger partial charge in [0.2, 0.25) is 5.91 Å². The second-order valence-corrected chi connectivity index (χ2v) is 5.84. The Hall–Kier alpha value is -0.530. The molecule has 116 valence electrons. The van der Waals surface area contributed by atoms with Crippen LogP contribution in [0, 0.1) is 5.92 Å². The van der Waals surface area contributed by atoms with Gasteiger partial charge in [0, 0.05) is 46.2 Å². The first-order valence-corrected chi connectivity index (χ1v) is 7.31. The van der Waals surface area contributed by atoms with Gasteiger partial charge in [-0.25, -0.2) is 0 Å². The summed E-state index contributed by atoms with van der Waals surface area (Å²) in [5.74, 6) is 1.56. The lowest BCUT2D eigenvalue weighted by atomic mass is 10.1. The number of carbonyl (C=O) groups is 1. The number of guanidine groups is 1. The summed E-state index contributed by atoms with van der Waals surface area (Å²) in [4.78, 5) is 20.6. The van der Waals surface area contributed by atoms with Crippen LogP contribution in [0.4, 0.5) is 0 Å². The van der Waals surface area contributed by atoms with Crippen molar-refractivity contribution >= 4 is 35.8 Å². The van der Waals surface area contributed by atoms with E-state index in [0.717, 1.165) is 38.3 Å². The van der Waals surface area contributed by atoms with Gasteiger partial charge in [0.1, 0.15) is 0 Å². The molecule has 0 aromatic carbocycles. The van der Waals surface area contributed by atoms with E-state index in [9.17, 15) is 4.79 Å². The smallest absolute Gasteiger partial charge is 0.225 e. The van der Waals surface area contributed by atoms with E-state index in [0.29, 0.717) is 17.9 Å². The summed E-state index contributed by atoms with van der Waals surface area (Å²) in [5.41, 5.74) is 0. The number of amides is 1. The van der Waals surface area contributed by atoms with Crippen molar-refractivity contribution in [2.45, 2.75) is 38.1 Å². The lowest BCUT2D eigenvalue weighted by Gasteiger charge is -2.23. The highest BCUT2D eigenvalue weighted by Gasteiger charge is 2.32. The minimum atomic E-state index is 0. The Labute approximate surface area is 139 Å². The van der Waals surface area contributed by atoms with E-state index in [-0.39, 0.29) is 24.0 Å². The SMILES string of the molecule is CN=C(NC1CCN(C(=O)C2CCCC2)C1)N(C)C.I. The number of hydrogen-bond acceptors (Lipinski definition) is 2. The van der Waals surface area contributed by atoms with Gasteiger partial charge in [-0.2, -0.15) is 0 Å². The van der Waals surface area contributed by atoms with Crippen LogP contribution in [0.15, 0.2) is 4.99 Å². The van der Waals surface area contributed by atoms with Gasteiger partial charge in [-0.05, 0) is 19.3 Å². The van der Waals surface area contributed by atoms with Crippen molar-refractivity contribution in [3.05, 3.63) is 0 Å². The molecule has 2 rings (SSSR count). The molecule has 6 heteroatoms. The summed E-state index contributed by atoms with van der Waals surface area (Å²) in [6.45, 7) is 1.71. The largest absolute Gasteiger partial charge is 0.352 e. The molecule has 1 saturated carbocycles. The van der Waals surface area contributed by atoms with Crippen LogP contribution in [0.1, 0.15) is 32.1 Å². The molecule has 2 aliphatic rings. The maximum absolute atomic E-state index is 12.3. The van der Waals surface area contributed by atoms with Gasteiger partial charge in [-0.15, -0.1) is 24.0 Å². The van der Waals surface area contributed by atoms with Gasteiger partial charge >= 0.3 is 0 Å². The molecule has 0 radical (unpaired) electrons. The molecule has 1 saturated heterocycles. The third-order valence-corrected chi connectivity index (χ3v) is 4.17. The molecule has 0 aromatic heterocycles. The molecule has 1 amide bonds. The molecular weight excluding hydrogens is 367 g/mol. The molecular formula is C14H27IN4O. The highest BCUT2D eigenvalue weighted by Crippen LogP contribution is 2.27. The fourth-order valence-electron chi connectivity index (χ4n) is 3.09. The normalized spacial score (nSPS) is 23.6. The summed E-state index contributed by atoms with van der Waals surface area (Å²) in [6.07, 6.45) is 5.64. The second kappa shape index (κ2) is 8.05. The van der Waals surface area contributed by atoms with E-state index in [1.807, 2.05) is 23.9 Å². The van der Waals surface area contributed by atoms with Crippen LogP contribution in [0.25, 0.3) is 0 Å². The van der Waals surface area contributed by atoms with Crippen LogP contribution < -0.4 is 5.32 Å². The predicted molar refractivity (Wildman–Crippen MR) is 92.5 cm³/mol. The van der Waals surface area contributed by atoms with Crippen molar-refractivity contribution in [1.82, 2.24) is 15.1 Å². The molecule has 1 aliphatic carbocycles. The minimum Gasteiger partial charge on any atom is -0.352 e. The Balaban J connectivity index is 0.00000200. The van der Waals surface area contributed by atoms with Crippen LogP contribution >= 0.6 is 24.0 Å². The number of nitrogens with one attached hydrogen (secondary N) is 1. The van der Waals surface area contributed by atoms with Crippen molar-refractivity contribution in [3.8, 4) is 0 Å². The highest BCUT2D eigenvalue weighted by atomic mass is 127. The third kappa shape index (κ3) is 4.23. The first-order valence-electron chi connectivity index (χ1n) is 7.31. The summed E-state index contributed by atoms with van der Waals surface area (Å²) < 4.78 is 0. The van der Waals surface area contributed by atoms with Gasteiger partial charge in [-0.3, -0.25) is 9.79 Å². The minimum absolute atomic E-state index is 0. The van der Waals surface area contributed by atoms with E-state index in [4.69, 9.17) is 0 Å². The average molecular weight is 394 g/mol. The van der Waals surface area contributed by atoms with Crippen LogP contribution in [-0.2, 0) is 4.79 Å². The average Bonchev–Trinajstić information content (AvgIpc) is 3.06. The Morgan fingerprint density at radius 3 is 2.45 bits per heavy atom. The van der Waals surface area contributed by atoms with Crippen LogP contribution in [0.2, 0.25) is 0 Å². The molecule has 2 fully saturated rings. The predicted octanol–water partition coefficient (Wildman–Crippen LogP) is 1.53. The quantitative estimate of drug-likeness (QED) is 0.439. The summed E-state index contributed by atoms with van der Waals surface area (Å²) in [6, 6.07) is 0.339. The number of likely N-dealkylation sites (tertiary alicyclic amines) is 1. The molecule has 0 aromatic rings. The number of hydrogen-bond donors (Lipinski definition) is 1. The van der Waals surface area contributed by atoms with E-state index in [1.54, 1.807) is 7.05 Å². The maximum Gasteiger partial charge on any atom is 0.225 e. The standard InChI is InChI=1S/C14H26N4O.HI/c1-15-14(17(2)3)16-12-8-9-18(10-12)13(19)11-6-4-5-7-11;/h11-12H,4-10H2,1-3H3,(H,15,16);1H. The van der Waals surface area contributed by atoms with Gasteiger partial charge < -0.3 is 15.1 Å². The van der Waals surface area contributed by atoms with E-state index >= 15 is 0 Å². The zero-order chi connectivity index (χ0) is 13.8. The van der Waals surface area contributed by atoms with Crippen LogP contribution in [-0.4, -0.2) is 61.9 Å². The van der Waals surface area contributed by atoms with E-state index < -0.39 is 0 Å². The van der Waals surface area contributed by atoms with Gasteiger partial charge in [0.25, 0.3) is 0 Å². The Kier molecular flexibility index (Phi) is 7.05. The van der Waals surface area contributed by atoms with Crippen molar-refractivity contribution < 1.29 is 4.79 Å². The number of aliphatic imine (C=N–C) groups is 1. The zero-order valence-electron chi connectivity index (χ0n) is 12.8. The molecule has 1 unspecified atom stereocenters. The summed E-state index contributed by atoms with van der Waals surface area (Å²) in [7, 11) is 5.75. The lowest BCUT2D eigenvalue weighted by Crippen LogP contribution is -2.44. The third-order valence-electron chi connectivity index (χ3n) is 4.17. The van der Waals surface area contributed by atoms with Crippen molar-refractivity contribution in [2.75, 3.05) is 34.2 Å². The molecule has 1 N–H and O–H groups in total. The zero-order valence-corrected chi connectivity index (χ0v) is 15.1. The monoisotopic (exact) mass is 394 g/mol. The number of rotatable bonds is 2. The molecule has 1 aliphatic heterocycles. The first-order chi connectivity index (χ1) is 9.11. The highest BCUT2D eigenvalue weighted by molar-refractivity contribution is 14.0. The number of nitrogens with zero attached hydrogens (tertiary/aromatic N) is 3. The Morgan fingerprint density at radius 1 is 1.25 bits per heavy atom. The molecule has 1 heterocycles. The fourth-order valence-corrected chi connectivity index (χ4v) is 3.09. The molecule has 1 atom stereocenters. The van der Waals surface area contributed by atoms with Crippen molar-refractivity contribution in [3.63, 3.8) is 0 Å². The van der Waals surface area contributed by atoms with Crippen LogP contribution in [0.5, 0.6) is 0 Å². The molecule has 20 heavy (non-hydrogen) atoms. The van der Waals surface area contributed by atoms with Crippen molar-refractivity contribution in [2.24, 2.45) is 10.9 Å². The maximum atomic E-state index is 12.3. The van der Waals surface area contributed by atoms with Gasteiger partial charge in [0.15, 0.2) is 5.96 Å². The van der Waals surface area contributed by atoms with E-state index in [1.165, 1.54) is 12.8 Å². The lowest BCUT2D eigenvalue weighted by molar-refractivity contribution is -0.134. The first kappa shape index (κ1) is 17.5. The van der Waals surface area contributed by atoms with Gasteiger partial charge in [0.05, 0.1) is 0 Å². The Morgan fingerprint density at radius 2 is 1.90 bits per heavy atom. The van der Waals surface area contributed by atoms with Crippen molar-refractivity contribution in [1.29, 1.82) is 0 Å². The molecule has 0 spiro atoms. The summed E-state index contributed by atoms with van der Waals surface area (Å²) in [5, 5.41) is 3.42. The molecule has 5 nitrogen and oxygen atoms in total. The summed E-state index contributed by atoms with van der Waals surface area (Å²) >= 11 is 0. The fraction of sp³-hybridized carbons (Fsp3) is 0.857. The Bertz CT molecular complexity index is 353. The van der Waals surface area contributed by atoms with Crippen LogP contribution in [0.3, 0.4) is 0 Å². The van der Waals surface area contributed by atoms with Gasteiger partial charge in [-0.1, -0.05) is 12.8 Å².